The van der Waals surface area contributed by atoms with Crippen molar-refractivity contribution < 1.29 is 14.3 Å². The summed E-state index contributed by atoms with van der Waals surface area (Å²) in [5.74, 6) is 0.113. The maximum absolute atomic E-state index is 12.9. The highest BCUT2D eigenvalue weighted by Crippen LogP contribution is 2.29. The molecule has 154 valence electrons. The number of carbonyl (C=O) groups is 2. The van der Waals surface area contributed by atoms with Crippen molar-refractivity contribution in [1.82, 2.24) is 9.80 Å². The second-order valence-corrected chi connectivity index (χ2v) is 8.42. The summed E-state index contributed by atoms with van der Waals surface area (Å²) < 4.78 is 5.10. The maximum Gasteiger partial charge on any atom is 0.309 e. The summed E-state index contributed by atoms with van der Waals surface area (Å²) in [7, 11) is 0. The summed E-state index contributed by atoms with van der Waals surface area (Å²) in [5.41, 5.74) is 0.955. The molecular weight excluding hydrogens is 399 g/mol. The number of likely N-dealkylation sites (tertiary alicyclic amines) is 2. The summed E-state index contributed by atoms with van der Waals surface area (Å²) in [4.78, 5) is 29.0. The average molecular weight is 427 g/mol. The van der Waals surface area contributed by atoms with E-state index in [1.54, 1.807) is 0 Å². The lowest BCUT2D eigenvalue weighted by Gasteiger charge is -2.37. The van der Waals surface area contributed by atoms with Crippen molar-refractivity contribution in [2.75, 3.05) is 32.8 Å². The lowest BCUT2D eigenvalue weighted by atomic mass is 9.92. The van der Waals surface area contributed by atoms with Gasteiger partial charge in [-0.05, 0) is 57.8 Å². The number of rotatable bonds is 5. The molecule has 3 rings (SSSR count). The van der Waals surface area contributed by atoms with Crippen LogP contribution in [0.2, 0.25) is 10.0 Å². The van der Waals surface area contributed by atoms with Crippen LogP contribution in [-0.2, 0) is 20.9 Å². The van der Waals surface area contributed by atoms with E-state index in [1.165, 1.54) is 0 Å². The van der Waals surface area contributed by atoms with Crippen molar-refractivity contribution in [1.29, 1.82) is 0 Å². The van der Waals surface area contributed by atoms with Gasteiger partial charge in [0.15, 0.2) is 0 Å². The molecule has 1 aromatic carbocycles. The number of nitrogens with zero attached hydrogens (tertiary/aromatic N) is 2. The highest BCUT2D eigenvalue weighted by molar-refractivity contribution is 6.35. The molecule has 0 radical (unpaired) electrons. The van der Waals surface area contributed by atoms with E-state index in [4.69, 9.17) is 27.9 Å². The Balaban J connectivity index is 1.46. The van der Waals surface area contributed by atoms with Crippen molar-refractivity contribution in [2.24, 2.45) is 11.8 Å². The van der Waals surface area contributed by atoms with Gasteiger partial charge in [0.2, 0.25) is 5.91 Å². The first-order valence-electron chi connectivity index (χ1n) is 10.1. The zero-order valence-corrected chi connectivity index (χ0v) is 17.8. The molecule has 2 aliphatic heterocycles. The Labute approximate surface area is 176 Å². The van der Waals surface area contributed by atoms with Crippen LogP contribution in [0.5, 0.6) is 0 Å². The fourth-order valence-electron chi connectivity index (χ4n) is 4.10. The van der Waals surface area contributed by atoms with Crippen LogP contribution in [0.1, 0.15) is 38.2 Å². The van der Waals surface area contributed by atoms with E-state index < -0.39 is 0 Å². The van der Waals surface area contributed by atoms with E-state index >= 15 is 0 Å². The maximum atomic E-state index is 12.9. The zero-order chi connectivity index (χ0) is 20.1. The molecule has 2 fully saturated rings. The van der Waals surface area contributed by atoms with Crippen LogP contribution >= 0.6 is 23.2 Å². The molecule has 0 atom stereocenters. The second-order valence-electron chi connectivity index (χ2n) is 7.60. The molecule has 28 heavy (non-hydrogen) atoms. The number of hydrogen-bond acceptors (Lipinski definition) is 4. The third kappa shape index (κ3) is 5.19. The van der Waals surface area contributed by atoms with Crippen LogP contribution in [0.25, 0.3) is 0 Å². The molecule has 0 unspecified atom stereocenters. The largest absolute Gasteiger partial charge is 0.466 e. The first-order chi connectivity index (χ1) is 13.5. The Morgan fingerprint density at radius 2 is 1.57 bits per heavy atom. The number of amides is 1. The minimum Gasteiger partial charge on any atom is -0.466 e. The molecule has 2 saturated heterocycles. The van der Waals surface area contributed by atoms with E-state index in [1.807, 2.05) is 30.0 Å². The first-order valence-corrected chi connectivity index (χ1v) is 10.9. The van der Waals surface area contributed by atoms with Crippen molar-refractivity contribution >= 4 is 35.1 Å². The smallest absolute Gasteiger partial charge is 0.309 e. The normalized spacial score (nSPS) is 19.6. The number of hydrogen-bond donors (Lipinski definition) is 0. The van der Waals surface area contributed by atoms with Crippen LogP contribution < -0.4 is 0 Å². The highest BCUT2D eigenvalue weighted by atomic mass is 35.5. The van der Waals surface area contributed by atoms with Crippen molar-refractivity contribution in [2.45, 2.75) is 39.2 Å². The van der Waals surface area contributed by atoms with Gasteiger partial charge >= 0.3 is 5.97 Å². The van der Waals surface area contributed by atoms with Gasteiger partial charge < -0.3 is 9.64 Å². The first kappa shape index (κ1) is 21.4. The summed E-state index contributed by atoms with van der Waals surface area (Å²) in [6.07, 6.45) is 3.10. The van der Waals surface area contributed by atoms with Gasteiger partial charge in [0, 0.05) is 41.2 Å². The van der Waals surface area contributed by atoms with Gasteiger partial charge in [0.25, 0.3) is 0 Å². The van der Waals surface area contributed by atoms with Crippen molar-refractivity contribution in [3.05, 3.63) is 33.8 Å². The average Bonchev–Trinajstić information content (AvgIpc) is 2.71. The second kappa shape index (κ2) is 9.95. The Bertz CT molecular complexity index is 677. The molecule has 0 aliphatic carbocycles. The minimum absolute atomic E-state index is 0.0637. The van der Waals surface area contributed by atoms with Gasteiger partial charge in [0.1, 0.15) is 0 Å². The molecule has 5 nitrogen and oxygen atoms in total. The molecule has 7 heteroatoms. The van der Waals surface area contributed by atoms with Crippen LogP contribution in [0.15, 0.2) is 18.2 Å². The van der Waals surface area contributed by atoms with Gasteiger partial charge in [-0.1, -0.05) is 29.3 Å². The minimum atomic E-state index is -0.124. The van der Waals surface area contributed by atoms with Crippen molar-refractivity contribution in [3.8, 4) is 0 Å². The number of carbonyl (C=O) groups excluding carboxylic acids is 2. The zero-order valence-electron chi connectivity index (χ0n) is 16.3. The number of ether oxygens (including phenoxy) is 1. The van der Waals surface area contributed by atoms with Gasteiger partial charge in [-0.3, -0.25) is 14.5 Å². The van der Waals surface area contributed by atoms with Crippen LogP contribution in [0, 0.1) is 11.8 Å². The summed E-state index contributed by atoms with van der Waals surface area (Å²) >= 11 is 12.6. The van der Waals surface area contributed by atoms with Gasteiger partial charge in [-0.25, -0.2) is 0 Å². The number of halogens is 2. The number of piperidine rings is 2. The lowest BCUT2D eigenvalue weighted by Crippen LogP contribution is -2.46. The molecule has 1 aromatic rings. The lowest BCUT2D eigenvalue weighted by molar-refractivity contribution is -0.152. The molecule has 0 N–H and O–H groups in total. The predicted molar refractivity (Wildman–Crippen MR) is 110 cm³/mol. The third-order valence-electron chi connectivity index (χ3n) is 5.81. The van der Waals surface area contributed by atoms with E-state index in [9.17, 15) is 9.59 Å². The van der Waals surface area contributed by atoms with Crippen LogP contribution in [0.4, 0.5) is 0 Å². The van der Waals surface area contributed by atoms with E-state index in [0.29, 0.717) is 49.1 Å². The van der Waals surface area contributed by atoms with E-state index in [2.05, 4.69) is 4.90 Å². The summed E-state index contributed by atoms with van der Waals surface area (Å²) in [5, 5.41) is 1.38. The Morgan fingerprint density at radius 1 is 1.00 bits per heavy atom. The monoisotopic (exact) mass is 426 g/mol. The summed E-state index contributed by atoms with van der Waals surface area (Å²) in [6, 6.07) is 5.57. The molecule has 0 aromatic heterocycles. The molecule has 0 bridgehead atoms. The molecule has 1 amide bonds. The number of benzene rings is 1. The number of esters is 1. The van der Waals surface area contributed by atoms with Gasteiger partial charge in [-0.15, -0.1) is 0 Å². The molecular formula is C21H28Cl2N2O3. The van der Waals surface area contributed by atoms with E-state index in [-0.39, 0.29) is 23.7 Å². The fourth-order valence-corrected chi connectivity index (χ4v) is 4.62. The van der Waals surface area contributed by atoms with Gasteiger partial charge in [-0.2, -0.15) is 0 Å². The quantitative estimate of drug-likeness (QED) is 0.667. The Hall–Kier alpha value is -1.30. The highest BCUT2D eigenvalue weighted by Gasteiger charge is 2.33. The topological polar surface area (TPSA) is 49.9 Å². The standard InChI is InChI=1S/C21H28Cl2N2O3/c1-2-28-21(27)16-8-12-25(13-9-16)20(26)15-6-10-24(11-7-15)14-17-18(22)4-3-5-19(17)23/h3-5,15-16H,2,6-14H2,1H3. The molecule has 2 heterocycles. The molecule has 2 aliphatic rings. The van der Waals surface area contributed by atoms with Crippen LogP contribution in [-0.4, -0.2) is 54.5 Å². The van der Waals surface area contributed by atoms with Gasteiger partial charge in [0.05, 0.1) is 12.5 Å². The predicted octanol–water partition coefficient (Wildman–Crippen LogP) is 4.01. The molecule has 0 spiro atoms. The van der Waals surface area contributed by atoms with Crippen LogP contribution in [0.3, 0.4) is 0 Å². The third-order valence-corrected chi connectivity index (χ3v) is 6.52. The van der Waals surface area contributed by atoms with E-state index in [0.717, 1.165) is 31.5 Å². The molecule has 0 saturated carbocycles. The Kier molecular flexibility index (Phi) is 7.61. The summed E-state index contributed by atoms with van der Waals surface area (Å²) in [6.45, 7) is 5.97. The van der Waals surface area contributed by atoms with Crippen molar-refractivity contribution in [3.63, 3.8) is 0 Å². The fraction of sp³-hybridized carbons (Fsp3) is 0.619. The Morgan fingerprint density at radius 3 is 2.14 bits per heavy atom. The SMILES string of the molecule is CCOC(=O)C1CCN(C(=O)C2CCN(Cc3c(Cl)cccc3Cl)CC2)CC1.